The van der Waals surface area contributed by atoms with E-state index >= 15 is 8.78 Å². The minimum Gasteiger partial charge on any atom is -0.444 e. The van der Waals surface area contributed by atoms with Crippen LogP contribution in [-0.2, 0) is 34.6 Å². The summed E-state index contributed by atoms with van der Waals surface area (Å²) in [6.45, 7) is 6.17. The van der Waals surface area contributed by atoms with E-state index in [1.165, 1.54) is 12.1 Å². The molecule has 1 aliphatic heterocycles. The molecule has 0 radical (unpaired) electrons. The van der Waals surface area contributed by atoms with Crippen molar-refractivity contribution in [2.24, 2.45) is 0 Å². The third-order valence-electron chi connectivity index (χ3n) is 6.63. The molecule has 1 unspecified atom stereocenters. The first-order valence-corrected chi connectivity index (χ1v) is 13.1. The van der Waals surface area contributed by atoms with Gasteiger partial charge in [-0.3, -0.25) is 9.78 Å². The Bertz CT molecular complexity index is 1470. The highest BCUT2D eigenvalue weighted by molar-refractivity contribution is 6.00. The Kier molecular flexibility index (Phi) is 8.30. The molecule has 0 saturated carbocycles. The zero-order chi connectivity index (χ0) is 31.0. The van der Waals surface area contributed by atoms with Gasteiger partial charge in [-0.05, 0) is 62.6 Å². The maximum Gasteiger partial charge on any atom is 0.417 e. The number of aryl methyl sites for hydroxylation is 1. The molecule has 3 aromatic rings. The van der Waals surface area contributed by atoms with Crippen molar-refractivity contribution in [3.63, 3.8) is 0 Å². The Morgan fingerprint density at radius 1 is 1.10 bits per heavy atom. The summed E-state index contributed by atoms with van der Waals surface area (Å²) in [5.41, 5.74) is -1.36. The fourth-order valence-corrected chi connectivity index (χ4v) is 4.57. The molecule has 42 heavy (non-hydrogen) atoms. The summed E-state index contributed by atoms with van der Waals surface area (Å²) in [5.74, 6) is -5.36. The van der Waals surface area contributed by atoms with Crippen molar-refractivity contribution in [3.05, 3.63) is 82.8 Å². The summed E-state index contributed by atoms with van der Waals surface area (Å²) < 4.78 is 89.6. The predicted octanol–water partition coefficient (Wildman–Crippen LogP) is 7.39. The number of alkyl halides is 5. The molecule has 0 saturated heterocycles. The summed E-state index contributed by atoms with van der Waals surface area (Å²) >= 11 is 0. The van der Waals surface area contributed by atoms with E-state index in [1.54, 1.807) is 52.0 Å². The summed E-state index contributed by atoms with van der Waals surface area (Å²) in [6.07, 6.45) is -5.80. The van der Waals surface area contributed by atoms with Crippen LogP contribution < -0.4 is 10.2 Å². The molecule has 0 spiro atoms. The number of nitrogens with one attached hydrogen (secondary N) is 1. The second-order valence-corrected chi connectivity index (χ2v) is 11.0. The van der Waals surface area contributed by atoms with E-state index in [0.29, 0.717) is 11.1 Å². The smallest absolute Gasteiger partial charge is 0.417 e. The minimum absolute atomic E-state index is 0.129. The summed E-state index contributed by atoms with van der Waals surface area (Å²) in [7, 11) is 0. The van der Waals surface area contributed by atoms with Crippen LogP contribution in [0.3, 0.4) is 0 Å². The lowest BCUT2D eigenvalue weighted by Gasteiger charge is -2.27. The van der Waals surface area contributed by atoms with Gasteiger partial charge in [0.15, 0.2) is 0 Å². The first-order chi connectivity index (χ1) is 19.5. The zero-order valence-electron chi connectivity index (χ0n) is 23.3. The first-order valence-electron chi connectivity index (χ1n) is 13.1. The van der Waals surface area contributed by atoms with Crippen LogP contribution in [-0.4, -0.2) is 28.6 Å². The average Bonchev–Trinajstić information content (AvgIpc) is 2.96. The number of fused-ring (bicyclic) bond motifs is 1. The van der Waals surface area contributed by atoms with Crippen molar-refractivity contribution in [2.75, 3.05) is 4.90 Å². The molecular weight excluding hydrogens is 564 g/mol. The van der Waals surface area contributed by atoms with Crippen molar-refractivity contribution in [1.29, 1.82) is 0 Å². The Labute approximate surface area is 238 Å². The molecule has 1 atom stereocenters. The molecule has 1 aliphatic rings. The molecule has 2 heterocycles. The molecule has 2 amide bonds. The molecule has 224 valence electrons. The van der Waals surface area contributed by atoms with Gasteiger partial charge < -0.3 is 15.0 Å². The summed E-state index contributed by atoms with van der Waals surface area (Å²) in [5, 5.41) is 2.25. The van der Waals surface area contributed by atoms with Gasteiger partial charge in [-0.1, -0.05) is 31.2 Å². The van der Waals surface area contributed by atoms with Gasteiger partial charge in [-0.2, -0.15) is 13.2 Å². The third kappa shape index (κ3) is 6.85. The normalized spacial score (nSPS) is 17.0. The van der Waals surface area contributed by atoms with Crippen LogP contribution in [0, 0.1) is 5.82 Å². The van der Waals surface area contributed by atoms with Gasteiger partial charge in [0, 0.05) is 23.7 Å². The maximum absolute atomic E-state index is 15.5. The molecule has 1 N–H and O–H groups in total. The molecule has 0 fully saturated rings. The van der Waals surface area contributed by atoms with Crippen LogP contribution in [0.4, 0.5) is 36.8 Å². The highest BCUT2D eigenvalue weighted by atomic mass is 19.4. The van der Waals surface area contributed by atoms with Gasteiger partial charge in [0.1, 0.15) is 17.5 Å². The number of nitrogens with zero attached hydrogens (tertiary/aromatic N) is 2. The van der Waals surface area contributed by atoms with Gasteiger partial charge in [0.25, 0.3) is 5.92 Å². The predicted molar refractivity (Wildman–Crippen MR) is 143 cm³/mol. The number of pyridine rings is 1. The Morgan fingerprint density at radius 2 is 1.76 bits per heavy atom. The second-order valence-electron chi connectivity index (χ2n) is 11.0. The van der Waals surface area contributed by atoms with E-state index in [1.807, 2.05) is 0 Å². The number of aromatic nitrogens is 1. The van der Waals surface area contributed by atoms with E-state index < -0.39 is 59.1 Å². The van der Waals surface area contributed by atoms with Crippen molar-refractivity contribution in [1.82, 2.24) is 10.3 Å². The van der Waals surface area contributed by atoms with E-state index in [9.17, 15) is 27.2 Å². The van der Waals surface area contributed by atoms with Gasteiger partial charge in [0.2, 0.25) is 5.91 Å². The number of amides is 2. The topological polar surface area (TPSA) is 71.5 Å². The highest BCUT2D eigenvalue weighted by Gasteiger charge is 2.46. The van der Waals surface area contributed by atoms with Crippen LogP contribution in [0.15, 0.2) is 54.7 Å². The van der Waals surface area contributed by atoms with E-state index in [4.69, 9.17) is 4.74 Å². The number of hydrogen-bond donors (Lipinski definition) is 1. The summed E-state index contributed by atoms with van der Waals surface area (Å²) in [6, 6.07) is 8.68. The maximum atomic E-state index is 15.5. The standard InChI is InChI=1S/C30H29F6N3O3/c1-5-18-12-25-21(13-22(18)31)29(32,33)14-24(38-27(41)42-28(2,3)4)26(40)39(25)16-17-6-8-19(9-7-17)23-11-10-20(15-37-23)30(34,35)36/h6-13,15,24H,5,14,16H2,1-4H3,(H,38,41). The van der Waals surface area contributed by atoms with Crippen molar-refractivity contribution >= 4 is 17.7 Å². The Morgan fingerprint density at radius 3 is 2.31 bits per heavy atom. The van der Waals surface area contributed by atoms with E-state index in [2.05, 4.69) is 10.3 Å². The van der Waals surface area contributed by atoms with Crippen molar-refractivity contribution < 1.29 is 40.7 Å². The monoisotopic (exact) mass is 593 g/mol. The molecular formula is C30H29F6N3O3. The number of halogens is 6. The number of carbonyl (C=O) groups excluding carboxylic acids is 2. The van der Waals surface area contributed by atoms with Crippen molar-refractivity contribution in [2.45, 2.75) is 70.8 Å². The van der Waals surface area contributed by atoms with Crippen molar-refractivity contribution in [3.8, 4) is 11.3 Å². The molecule has 4 rings (SSSR count). The van der Waals surface area contributed by atoms with E-state index in [-0.39, 0.29) is 29.9 Å². The Hall–Kier alpha value is -4.09. The molecule has 12 heteroatoms. The highest BCUT2D eigenvalue weighted by Crippen LogP contribution is 2.44. The largest absolute Gasteiger partial charge is 0.444 e. The van der Waals surface area contributed by atoms with Crippen LogP contribution in [0.25, 0.3) is 11.3 Å². The quantitative estimate of drug-likeness (QED) is 0.313. The lowest BCUT2D eigenvalue weighted by molar-refractivity contribution is -0.137. The SMILES string of the molecule is CCc1cc2c(cc1F)C(F)(F)CC(NC(=O)OC(C)(C)C)C(=O)N2Cc1ccc(-c2ccc(C(F)(F)F)cn2)cc1. The van der Waals surface area contributed by atoms with Crippen LogP contribution in [0.2, 0.25) is 0 Å². The fourth-order valence-electron chi connectivity index (χ4n) is 4.57. The van der Waals surface area contributed by atoms with Gasteiger partial charge in [0.05, 0.1) is 23.5 Å². The Balaban J connectivity index is 1.69. The average molecular weight is 594 g/mol. The second kappa shape index (κ2) is 11.3. The lowest BCUT2D eigenvalue weighted by Crippen LogP contribution is -2.49. The fraction of sp³-hybridized carbons (Fsp3) is 0.367. The number of carbonyl (C=O) groups is 2. The molecule has 0 aliphatic carbocycles. The van der Waals surface area contributed by atoms with Crippen LogP contribution in [0.1, 0.15) is 56.4 Å². The van der Waals surface area contributed by atoms with E-state index in [0.717, 1.165) is 23.2 Å². The van der Waals surface area contributed by atoms with Gasteiger partial charge in [-0.25, -0.2) is 18.0 Å². The van der Waals surface area contributed by atoms with Gasteiger partial charge in [-0.15, -0.1) is 0 Å². The third-order valence-corrected chi connectivity index (χ3v) is 6.63. The van der Waals surface area contributed by atoms with Gasteiger partial charge >= 0.3 is 12.3 Å². The first kappa shape index (κ1) is 30.9. The number of benzene rings is 2. The molecule has 2 aromatic carbocycles. The minimum atomic E-state index is -4.53. The number of anilines is 1. The van der Waals surface area contributed by atoms with Crippen LogP contribution in [0.5, 0.6) is 0 Å². The molecule has 0 bridgehead atoms. The zero-order valence-corrected chi connectivity index (χ0v) is 23.3. The number of hydrogen-bond acceptors (Lipinski definition) is 4. The molecule has 1 aromatic heterocycles. The number of rotatable bonds is 5. The summed E-state index contributed by atoms with van der Waals surface area (Å²) in [4.78, 5) is 31.1. The number of ether oxygens (including phenoxy) is 1. The lowest BCUT2D eigenvalue weighted by atomic mass is 9.98. The molecule has 6 nitrogen and oxygen atoms in total. The number of alkyl carbamates (subject to hydrolysis) is 1. The van der Waals surface area contributed by atoms with Crippen LogP contribution >= 0.6 is 0 Å².